The highest BCUT2D eigenvalue weighted by atomic mass is 16.3. The summed E-state index contributed by atoms with van der Waals surface area (Å²) in [7, 11) is 0. The summed E-state index contributed by atoms with van der Waals surface area (Å²) in [5.74, 6) is -0.272. The Bertz CT molecular complexity index is 626. The monoisotopic (exact) mass is 333 g/mol. The van der Waals surface area contributed by atoms with Crippen LogP contribution >= 0.6 is 0 Å². The summed E-state index contributed by atoms with van der Waals surface area (Å²) >= 11 is 0. The van der Waals surface area contributed by atoms with Crippen molar-refractivity contribution in [1.29, 1.82) is 0 Å². The van der Waals surface area contributed by atoms with Gasteiger partial charge in [-0.1, -0.05) is 0 Å². The van der Waals surface area contributed by atoms with Gasteiger partial charge in [-0.05, 0) is 38.8 Å². The lowest BCUT2D eigenvalue weighted by Crippen LogP contribution is -2.56. The molecule has 1 aromatic rings. The molecule has 0 atom stereocenters. The van der Waals surface area contributed by atoms with E-state index < -0.39 is 5.41 Å². The topological polar surface area (TPSA) is 82.9 Å². The molecule has 0 spiro atoms. The zero-order valence-corrected chi connectivity index (χ0v) is 14.1. The first-order valence-electron chi connectivity index (χ1n) is 8.32. The maximum Gasteiger partial charge on any atom is 0.289 e. The molecule has 130 valence electrons. The summed E-state index contributed by atoms with van der Waals surface area (Å²) in [6, 6.07) is 3.53. The molecule has 2 heterocycles. The van der Waals surface area contributed by atoms with Gasteiger partial charge in [0.15, 0.2) is 5.76 Å². The van der Waals surface area contributed by atoms with E-state index in [9.17, 15) is 14.4 Å². The van der Waals surface area contributed by atoms with Gasteiger partial charge >= 0.3 is 0 Å². The number of hydrogen-bond donors (Lipinski definition) is 1. The van der Waals surface area contributed by atoms with Crippen LogP contribution in [-0.4, -0.2) is 59.7 Å². The van der Waals surface area contributed by atoms with Crippen LogP contribution in [0.15, 0.2) is 22.8 Å². The summed E-state index contributed by atoms with van der Waals surface area (Å²) in [5, 5.41) is 2.90. The molecule has 2 aliphatic rings. The standard InChI is InChI=1S/C17H23N3O4/c1-17(2,15(22)18-12-5-6-12)16(23)20-9-7-19(8-10-20)14(21)13-4-3-11-24-13/h3-4,11-12H,5-10H2,1-2H3,(H,18,22). The highest BCUT2D eigenvalue weighted by Crippen LogP contribution is 2.25. The Morgan fingerprint density at radius 2 is 1.75 bits per heavy atom. The van der Waals surface area contributed by atoms with Gasteiger partial charge in [-0.2, -0.15) is 0 Å². The lowest BCUT2D eigenvalue weighted by atomic mass is 9.90. The number of hydrogen-bond acceptors (Lipinski definition) is 4. The van der Waals surface area contributed by atoms with E-state index in [2.05, 4.69) is 5.32 Å². The van der Waals surface area contributed by atoms with E-state index in [0.717, 1.165) is 12.8 Å². The molecular weight excluding hydrogens is 310 g/mol. The summed E-state index contributed by atoms with van der Waals surface area (Å²) in [6.07, 6.45) is 3.45. The van der Waals surface area contributed by atoms with Gasteiger partial charge < -0.3 is 19.5 Å². The number of amides is 3. The minimum Gasteiger partial charge on any atom is -0.459 e. The number of carbonyl (C=O) groups is 3. The fourth-order valence-corrected chi connectivity index (χ4v) is 2.75. The highest BCUT2D eigenvalue weighted by molar-refractivity contribution is 6.04. The van der Waals surface area contributed by atoms with Gasteiger partial charge in [0.1, 0.15) is 5.41 Å². The Hall–Kier alpha value is -2.31. The van der Waals surface area contributed by atoms with Crippen molar-refractivity contribution in [2.45, 2.75) is 32.7 Å². The molecule has 3 amide bonds. The van der Waals surface area contributed by atoms with Crippen molar-refractivity contribution in [2.24, 2.45) is 5.41 Å². The van der Waals surface area contributed by atoms with Crippen molar-refractivity contribution < 1.29 is 18.8 Å². The number of carbonyl (C=O) groups excluding carboxylic acids is 3. The molecule has 0 aromatic carbocycles. The molecule has 2 fully saturated rings. The molecule has 1 aromatic heterocycles. The first-order valence-corrected chi connectivity index (χ1v) is 8.32. The average molecular weight is 333 g/mol. The van der Waals surface area contributed by atoms with Crippen molar-refractivity contribution in [1.82, 2.24) is 15.1 Å². The van der Waals surface area contributed by atoms with Gasteiger partial charge in [-0.15, -0.1) is 0 Å². The van der Waals surface area contributed by atoms with Crippen LogP contribution in [0.25, 0.3) is 0 Å². The van der Waals surface area contributed by atoms with E-state index in [1.54, 1.807) is 35.8 Å². The molecule has 1 aliphatic heterocycles. The summed E-state index contributed by atoms with van der Waals surface area (Å²) < 4.78 is 5.13. The third-order valence-electron chi connectivity index (χ3n) is 4.60. The van der Waals surface area contributed by atoms with Gasteiger partial charge in [0.05, 0.1) is 6.26 Å². The number of nitrogens with zero attached hydrogens (tertiary/aromatic N) is 2. The fourth-order valence-electron chi connectivity index (χ4n) is 2.75. The third kappa shape index (κ3) is 3.29. The summed E-state index contributed by atoms with van der Waals surface area (Å²) in [5.41, 5.74) is -1.09. The molecule has 0 bridgehead atoms. The third-order valence-corrected chi connectivity index (χ3v) is 4.60. The number of rotatable bonds is 4. The van der Waals surface area contributed by atoms with E-state index in [0.29, 0.717) is 31.9 Å². The maximum absolute atomic E-state index is 12.7. The van der Waals surface area contributed by atoms with E-state index in [-0.39, 0.29) is 23.8 Å². The smallest absolute Gasteiger partial charge is 0.289 e. The maximum atomic E-state index is 12.7. The first-order chi connectivity index (χ1) is 11.4. The van der Waals surface area contributed by atoms with Gasteiger partial charge in [0.25, 0.3) is 5.91 Å². The molecule has 7 nitrogen and oxygen atoms in total. The first kappa shape index (κ1) is 16.5. The van der Waals surface area contributed by atoms with Gasteiger partial charge in [0.2, 0.25) is 11.8 Å². The van der Waals surface area contributed by atoms with Crippen molar-refractivity contribution in [3.8, 4) is 0 Å². The second-order valence-corrected chi connectivity index (χ2v) is 6.93. The predicted octanol–water partition coefficient (Wildman–Crippen LogP) is 0.869. The minimum absolute atomic E-state index is 0.169. The molecule has 1 N–H and O–H groups in total. The van der Waals surface area contributed by atoms with Crippen molar-refractivity contribution in [3.63, 3.8) is 0 Å². The van der Waals surface area contributed by atoms with E-state index in [1.807, 2.05) is 0 Å². The average Bonchev–Trinajstić information content (AvgIpc) is 3.23. The molecule has 24 heavy (non-hydrogen) atoms. The van der Waals surface area contributed by atoms with Gasteiger partial charge in [-0.25, -0.2) is 0 Å². The molecule has 1 saturated carbocycles. The van der Waals surface area contributed by atoms with Crippen LogP contribution in [0, 0.1) is 5.41 Å². The Balaban J connectivity index is 1.56. The fraction of sp³-hybridized carbons (Fsp3) is 0.588. The predicted molar refractivity (Wildman–Crippen MR) is 86.1 cm³/mol. The molecule has 1 aliphatic carbocycles. The van der Waals surface area contributed by atoms with Crippen molar-refractivity contribution in [3.05, 3.63) is 24.2 Å². The molecule has 0 unspecified atom stereocenters. The zero-order chi connectivity index (χ0) is 17.3. The van der Waals surface area contributed by atoms with Crippen LogP contribution in [0.2, 0.25) is 0 Å². The van der Waals surface area contributed by atoms with Crippen LogP contribution in [0.4, 0.5) is 0 Å². The Kier molecular flexibility index (Phi) is 4.34. The van der Waals surface area contributed by atoms with Crippen LogP contribution in [0.3, 0.4) is 0 Å². The highest BCUT2D eigenvalue weighted by Gasteiger charge is 2.42. The Morgan fingerprint density at radius 1 is 1.12 bits per heavy atom. The summed E-state index contributed by atoms with van der Waals surface area (Å²) in [4.78, 5) is 40.6. The van der Waals surface area contributed by atoms with E-state index in [4.69, 9.17) is 4.42 Å². The molecule has 7 heteroatoms. The minimum atomic E-state index is -1.09. The largest absolute Gasteiger partial charge is 0.459 e. The van der Waals surface area contributed by atoms with E-state index >= 15 is 0 Å². The zero-order valence-electron chi connectivity index (χ0n) is 14.1. The normalized spacial score (nSPS) is 18.4. The lowest BCUT2D eigenvalue weighted by Gasteiger charge is -2.37. The van der Waals surface area contributed by atoms with Crippen LogP contribution in [0.5, 0.6) is 0 Å². The number of furan rings is 1. The van der Waals surface area contributed by atoms with Crippen molar-refractivity contribution in [2.75, 3.05) is 26.2 Å². The SMILES string of the molecule is CC(C)(C(=O)NC1CC1)C(=O)N1CCN(C(=O)c2ccco2)CC1. The lowest BCUT2D eigenvalue weighted by molar-refractivity contribution is -0.149. The van der Waals surface area contributed by atoms with Crippen LogP contribution < -0.4 is 5.32 Å². The summed E-state index contributed by atoms with van der Waals surface area (Å²) in [6.45, 7) is 5.04. The van der Waals surface area contributed by atoms with E-state index in [1.165, 1.54) is 6.26 Å². The van der Waals surface area contributed by atoms with Crippen molar-refractivity contribution >= 4 is 17.7 Å². The van der Waals surface area contributed by atoms with Gasteiger partial charge in [0, 0.05) is 32.2 Å². The van der Waals surface area contributed by atoms with Crippen LogP contribution in [0.1, 0.15) is 37.2 Å². The number of nitrogens with one attached hydrogen (secondary N) is 1. The Labute approximate surface area is 141 Å². The van der Waals surface area contributed by atoms with Gasteiger partial charge in [-0.3, -0.25) is 14.4 Å². The molecule has 3 rings (SSSR count). The molecule has 1 saturated heterocycles. The second kappa shape index (κ2) is 6.30. The molecule has 0 radical (unpaired) electrons. The Morgan fingerprint density at radius 3 is 2.29 bits per heavy atom. The second-order valence-electron chi connectivity index (χ2n) is 6.93. The number of piperazine rings is 1. The molecular formula is C17H23N3O4. The quantitative estimate of drug-likeness (QED) is 0.829. The van der Waals surface area contributed by atoms with Crippen LogP contribution in [-0.2, 0) is 9.59 Å².